The highest BCUT2D eigenvalue weighted by molar-refractivity contribution is 7.89. The molecule has 0 aliphatic carbocycles. The Bertz CT molecular complexity index is 390. The highest BCUT2D eigenvalue weighted by Crippen LogP contribution is 2.06. The van der Waals surface area contributed by atoms with Gasteiger partial charge in [0.05, 0.1) is 0 Å². The van der Waals surface area contributed by atoms with Gasteiger partial charge in [-0.05, 0) is 6.92 Å². The smallest absolute Gasteiger partial charge is 0.259 e. The average Bonchev–Trinajstić information content (AvgIpc) is 2.45. The van der Waals surface area contributed by atoms with Crippen LogP contribution in [0.4, 0.5) is 0 Å². The van der Waals surface area contributed by atoms with Crippen LogP contribution in [0.3, 0.4) is 0 Å². The van der Waals surface area contributed by atoms with Gasteiger partial charge in [0.15, 0.2) is 5.03 Å². The van der Waals surface area contributed by atoms with E-state index in [-0.39, 0.29) is 18.1 Å². The van der Waals surface area contributed by atoms with E-state index in [0.29, 0.717) is 5.82 Å². The van der Waals surface area contributed by atoms with E-state index in [4.69, 9.17) is 5.73 Å². The zero-order valence-electron chi connectivity index (χ0n) is 8.19. The Kier molecular flexibility index (Phi) is 3.25. The van der Waals surface area contributed by atoms with Gasteiger partial charge in [0.2, 0.25) is 0 Å². The maximum Gasteiger partial charge on any atom is 0.259 e. The number of aromatic nitrogens is 2. The predicted molar refractivity (Wildman–Crippen MR) is 52.2 cm³/mol. The first-order valence-corrected chi connectivity index (χ1v) is 5.65. The molecule has 0 saturated heterocycles. The Hall–Kier alpha value is -0.920. The lowest BCUT2D eigenvalue weighted by Gasteiger charge is -2.00. The van der Waals surface area contributed by atoms with Crippen molar-refractivity contribution in [2.75, 3.05) is 13.1 Å². The van der Waals surface area contributed by atoms with Crippen LogP contribution in [0, 0.1) is 6.92 Å². The minimum atomic E-state index is -3.49. The van der Waals surface area contributed by atoms with Gasteiger partial charge in [-0.15, -0.1) is 0 Å². The maximum atomic E-state index is 11.5. The van der Waals surface area contributed by atoms with Crippen molar-refractivity contribution in [3.05, 3.63) is 12.0 Å². The molecule has 3 N–H and O–H groups in total. The lowest BCUT2D eigenvalue weighted by molar-refractivity contribution is 0.578. The Labute approximate surface area is 83.2 Å². The predicted octanol–water partition coefficient (Wildman–Crippen LogP) is -1.03. The fourth-order valence-electron chi connectivity index (χ4n) is 0.923. The van der Waals surface area contributed by atoms with Crippen LogP contribution in [0.15, 0.2) is 11.2 Å². The lowest BCUT2D eigenvalue weighted by atomic mass is 10.7. The largest absolute Gasteiger partial charge is 0.337 e. The third kappa shape index (κ3) is 2.31. The van der Waals surface area contributed by atoms with Gasteiger partial charge in [-0.2, -0.15) is 0 Å². The third-order valence-corrected chi connectivity index (χ3v) is 3.13. The SMILES string of the molecule is Cc1nc(S(=O)(=O)NCCN)cn1C. The normalized spacial score (nSPS) is 11.9. The molecule has 80 valence electrons. The molecule has 0 fully saturated rings. The van der Waals surface area contributed by atoms with Crippen molar-refractivity contribution >= 4 is 10.0 Å². The minimum absolute atomic E-state index is 0.0333. The van der Waals surface area contributed by atoms with E-state index in [0.717, 1.165) is 0 Å². The number of hydrogen-bond donors (Lipinski definition) is 2. The van der Waals surface area contributed by atoms with Gasteiger partial charge in [-0.25, -0.2) is 18.1 Å². The fraction of sp³-hybridized carbons (Fsp3) is 0.571. The van der Waals surface area contributed by atoms with Gasteiger partial charge in [0.25, 0.3) is 10.0 Å². The molecule has 0 radical (unpaired) electrons. The van der Waals surface area contributed by atoms with Crippen LogP contribution in [0.1, 0.15) is 5.82 Å². The van der Waals surface area contributed by atoms with Crippen molar-refractivity contribution in [2.45, 2.75) is 11.9 Å². The van der Waals surface area contributed by atoms with Crippen molar-refractivity contribution in [1.82, 2.24) is 14.3 Å². The van der Waals surface area contributed by atoms with Crippen molar-refractivity contribution in [1.29, 1.82) is 0 Å². The second-order valence-corrected chi connectivity index (χ2v) is 4.64. The maximum absolute atomic E-state index is 11.5. The summed E-state index contributed by atoms with van der Waals surface area (Å²) in [4.78, 5) is 3.91. The molecule has 1 heterocycles. The lowest BCUT2D eigenvalue weighted by Crippen LogP contribution is -2.29. The highest BCUT2D eigenvalue weighted by Gasteiger charge is 2.17. The number of nitrogens with one attached hydrogen (secondary N) is 1. The summed E-state index contributed by atoms with van der Waals surface area (Å²) in [6.07, 6.45) is 1.47. The summed E-state index contributed by atoms with van der Waals surface area (Å²) in [7, 11) is -1.75. The molecule has 14 heavy (non-hydrogen) atoms. The van der Waals surface area contributed by atoms with E-state index in [1.54, 1.807) is 18.5 Å². The second-order valence-electron chi connectivity index (χ2n) is 2.92. The van der Waals surface area contributed by atoms with E-state index >= 15 is 0 Å². The molecule has 0 atom stereocenters. The summed E-state index contributed by atoms with van der Waals surface area (Å²) in [5.41, 5.74) is 5.20. The van der Waals surface area contributed by atoms with Gasteiger partial charge in [-0.1, -0.05) is 0 Å². The van der Waals surface area contributed by atoms with Crippen molar-refractivity contribution in [3.63, 3.8) is 0 Å². The van der Waals surface area contributed by atoms with E-state index in [1.807, 2.05) is 0 Å². The first-order valence-electron chi connectivity index (χ1n) is 4.17. The van der Waals surface area contributed by atoms with Crippen LogP contribution in [0.25, 0.3) is 0 Å². The molecule has 0 spiro atoms. The summed E-state index contributed by atoms with van der Waals surface area (Å²) in [5.74, 6) is 0.651. The Morgan fingerprint density at radius 3 is 2.71 bits per heavy atom. The van der Waals surface area contributed by atoms with Crippen LogP contribution in [0.5, 0.6) is 0 Å². The van der Waals surface area contributed by atoms with Gasteiger partial charge in [0.1, 0.15) is 5.82 Å². The van der Waals surface area contributed by atoms with Gasteiger partial charge in [0, 0.05) is 26.3 Å². The Morgan fingerprint density at radius 1 is 1.64 bits per heavy atom. The molecular formula is C7H14N4O2S. The van der Waals surface area contributed by atoms with Crippen LogP contribution in [-0.4, -0.2) is 31.1 Å². The zero-order valence-corrected chi connectivity index (χ0v) is 9.00. The molecule has 1 aromatic rings. The number of nitrogens with two attached hydrogens (primary N) is 1. The Balaban J connectivity index is 2.93. The summed E-state index contributed by atoms with van der Waals surface area (Å²) in [6, 6.07) is 0. The molecule has 1 rings (SSSR count). The zero-order chi connectivity index (χ0) is 10.8. The molecule has 0 saturated carbocycles. The quantitative estimate of drug-likeness (QED) is 0.676. The Morgan fingerprint density at radius 2 is 2.29 bits per heavy atom. The summed E-state index contributed by atoms with van der Waals surface area (Å²) < 4.78 is 27.0. The van der Waals surface area contributed by atoms with Crippen molar-refractivity contribution < 1.29 is 8.42 Å². The van der Waals surface area contributed by atoms with Crippen LogP contribution in [0.2, 0.25) is 0 Å². The van der Waals surface area contributed by atoms with E-state index < -0.39 is 10.0 Å². The van der Waals surface area contributed by atoms with Crippen molar-refractivity contribution in [3.8, 4) is 0 Å². The minimum Gasteiger partial charge on any atom is -0.337 e. The first-order chi connectivity index (χ1) is 6.47. The van der Waals surface area contributed by atoms with Crippen LogP contribution < -0.4 is 10.5 Å². The third-order valence-electron chi connectivity index (χ3n) is 1.80. The topological polar surface area (TPSA) is 90.0 Å². The molecule has 7 heteroatoms. The van der Waals surface area contributed by atoms with E-state index in [9.17, 15) is 8.42 Å². The number of aryl methyl sites for hydroxylation is 2. The van der Waals surface area contributed by atoms with E-state index in [1.165, 1.54) is 6.20 Å². The second kappa shape index (κ2) is 4.07. The number of rotatable bonds is 4. The molecule has 0 aliphatic heterocycles. The molecule has 6 nitrogen and oxygen atoms in total. The molecule has 0 aliphatic rings. The molecular weight excluding hydrogens is 204 g/mol. The fourth-order valence-corrected chi connectivity index (χ4v) is 2.01. The number of sulfonamides is 1. The molecule has 0 bridgehead atoms. The van der Waals surface area contributed by atoms with Gasteiger partial charge >= 0.3 is 0 Å². The molecule has 0 aromatic carbocycles. The average molecular weight is 218 g/mol. The first kappa shape index (κ1) is 11.2. The molecule has 1 aromatic heterocycles. The van der Waals surface area contributed by atoms with E-state index in [2.05, 4.69) is 9.71 Å². The van der Waals surface area contributed by atoms with Gasteiger partial charge < -0.3 is 10.3 Å². The number of hydrogen-bond acceptors (Lipinski definition) is 4. The standard InChI is InChI=1S/C7H14N4O2S/c1-6-10-7(5-11(6)2)14(12,13)9-4-3-8/h5,9H,3-4,8H2,1-2H3. The monoisotopic (exact) mass is 218 g/mol. The van der Waals surface area contributed by atoms with Crippen LogP contribution in [-0.2, 0) is 17.1 Å². The van der Waals surface area contributed by atoms with Crippen molar-refractivity contribution in [2.24, 2.45) is 12.8 Å². The van der Waals surface area contributed by atoms with Gasteiger partial charge in [-0.3, -0.25) is 0 Å². The molecule has 0 amide bonds. The number of imidazole rings is 1. The molecule has 0 unspecified atom stereocenters. The summed E-state index contributed by atoms with van der Waals surface area (Å²) >= 11 is 0. The number of nitrogens with zero attached hydrogens (tertiary/aromatic N) is 2. The summed E-state index contributed by atoms with van der Waals surface area (Å²) in [6.45, 7) is 2.23. The highest BCUT2D eigenvalue weighted by atomic mass is 32.2. The summed E-state index contributed by atoms with van der Waals surface area (Å²) in [5, 5.41) is 0.0333. The van der Waals surface area contributed by atoms with Crippen LogP contribution >= 0.6 is 0 Å².